The Morgan fingerprint density at radius 1 is 1.64 bits per heavy atom. The summed E-state index contributed by atoms with van der Waals surface area (Å²) in [7, 11) is 2.04. The average molecular weight is 211 g/mol. The van der Waals surface area contributed by atoms with Gasteiger partial charge in [0.15, 0.2) is 0 Å². The predicted octanol–water partition coefficient (Wildman–Crippen LogP) is 1.82. The van der Waals surface area contributed by atoms with Crippen molar-refractivity contribution in [2.75, 3.05) is 13.6 Å². The molecule has 1 aromatic heterocycles. The van der Waals surface area contributed by atoms with Gasteiger partial charge in [-0.1, -0.05) is 0 Å². The van der Waals surface area contributed by atoms with Crippen LogP contribution in [0.25, 0.3) is 0 Å². The van der Waals surface area contributed by atoms with E-state index >= 15 is 0 Å². The molecule has 0 radical (unpaired) electrons. The van der Waals surface area contributed by atoms with Crippen molar-refractivity contribution in [3.8, 4) is 0 Å². The Labute approximate surface area is 87.0 Å². The second-order valence-electron chi connectivity index (χ2n) is 3.72. The predicted molar refractivity (Wildman–Crippen MR) is 55.9 cm³/mol. The van der Waals surface area contributed by atoms with Crippen LogP contribution < -0.4 is 0 Å². The lowest BCUT2D eigenvalue weighted by atomic mass is 10.1. The van der Waals surface area contributed by atoms with Crippen LogP contribution in [0.2, 0.25) is 0 Å². The Balaban J connectivity index is 2.39. The molecule has 0 aromatic carbocycles. The van der Waals surface area contributed by atoms with E-state index in [2.05, 4.69) is 4.90 Å². The minimum absolute atomic E-state index is 0.522. The number of carbonyl (C=O) groups is 1. The number of fused-ring (bicyclic) bond motifs is 1. The maximum atomic E-state index is 10.9. The van der Waals surface area contributed by atoms with Crippen LogP contribution in [-0.2, 0) is 13.0 Å². The van der Waals surface area contributed by atoms with Gasteiger partial charge in [-0.15, -0.1) is 11.3 Å². The molecule has 2 rings (SSSR count). The van der Waals surface area contributed by atoms with Gasteiger partial charge in [0.25, 0.3) is 0 Å². The third-order valence-electron chi connectivity index (χ3n) is 2.59. The van der Waals surface area contributed by atoms with Crippen LogP contribution in [0.3, 0.4) is 0 Å². The first-order chi connectivity index (χ1) is 6.68. The molecule has 0 bridgehead atoms. The summed E-state index contributed by atoms with van der Waals surface area (Å²) >= 11 is 1.36. The van der Waals surface area contributed by atoms with Crippen molar-refractivity contribution in [3.05, 3.63) is 21.4 Å². The van der Waals surface area contributed by atoms with E-state index in [1.165, 1.54) is 16.9 Å². The molecule has 2 heterocycles. The van der Waals surface area contributed by atoms with Crippen molar-refractivity contribution < 1.29 is 9.90 Å². The summed E-state index contributed by atoms with van der Waals surface area (Å²) < 4.78 is 0. The fraction of sp³-hybridized carbons (Fsp3) is 0.500. The van der Waals surface area contributed by atoms with Crippen LogP contribution in [0.4, 0.5) is 0 Å². The van der Waals surface area contributed by atoms with Crippen molar-refractivity contribution in [1.82, 2.24) is 4.90 Å². The van der Waals surface area contributed by atoms with E-state index in [0.717, 1.165) is 31.5 Å². The SMILES string of the molecule is CN1CCCc2csc(C(=O)O)c2C1. The normalized spacial score (nSPS) is 17.5. The summed E-state index contributed by atoms with van der Waals surface area (Å²) in [6.45, 7) is 1.83. The zero-order valence-electron chi connectivity index (χ0n) is 8.12. The number of aromatic carboxylic acids is 1. The maximum Gasteiger partial charge on any atom is 0.346 e. The molecule has 4 heteroatoms. The van der Waals surface area contributed by atoms with Gasteiger partial charge in [0.05, 0.1) is 0 Å². The van der Waals surface area contributed by atoms with E-state index in [1.807, 2.05) is 12.4 Å². The number of thiophene rings is 1. The van der Waals surface area contributed by atoms with Gasteiger partial charge in [0.2, 0.25) is 0 Å². The van der Waals surface area contributed by atoms with Crippen LogP contribution in [0.5, 0.6) is 0 Å². The Morgan fingerprint density at radius 2 is 2.43 bits per heavy atom. The van der Waals surface area contributed by atoms with Crippen LogP contribution in [0.1, 0.15) is 27.2 Å². The van der Waals surface area contributed by atoms with Crippen molar-refractivity contribution >= 4 is 17.3 Å². The lowest BCUT2D eigenvalue weighted by Gasteiger charge is -2.12. The number of hydrogen-bond donors (Lipinski definition) is 1. The van der Waals surface area contributed by atoms with Crippen molar-refractivity contribution in [3.63, 3.8) is 0 Å². The first kappa shape index (κ1) is 9.68. The maximum absolute atomic E-state index is 10.9. The zero-order valence-corrected chi connectivity index (χ0v) is 8.93. The van der Waals surface area contributed by atoms with Gasteiger partial charge in [-0.3, -0.25) is 0 Å². The topological polar surface area (TPSA) is 40.5 Å². The number of hydrogen-bond acceptors (Lipinski definition) is 3. The van der Waals surface area contributed by atoms with E-state index in [9.17, 15) is 4.79 Å². The molecule has 3 nitrogen and oxygen atoms in total. The lowest BCUT2D eigenvalue weighted by molar-refractivity contribution is 0.0700. The largest absolute Gasteiger partial charge is 0.477 e. The molecule has 0 aliphatic carbocycles. The van der Waals surface area contributed by atoms with Crippen LogP contribution in [0.15, 0.2) is 5.38 Å². The van der Waals surface area contributed by atoms with Crippen LogP contribution >= 0.6 is 11.3 Å². The fourth-order valence-electron chi connectivity index (χ4n) is 1.87. The first-order valence-corrected chi connectivity index (χ1v) is 5.57. The summed E-state index contributed by atoms with van der Waals surface area (Å²) in [5.74, 6) is -0.786. The van der Waals surface area contributed by atoms with Crippen molar-refractivity contribution in [1.29, 1.82) is 0 Å². The fourth-order valence-corrected chi connectivity index (χ4v) is 2.83. The summed E-state index contributed by atoms with van der Waals surface area (Å²) in [4.78, 5) is 13.7. The molecule has 14 heavy (non-hydrogen) atoms. The molecule has 1 aliphatic heterocycles. The standard InChI is InChI=1S/C10H13NO2S/c1-11-4-2-3-7-6-14-9(10(12)13)8(7)5-11/h6H,2-5H2,1H3,(H,12,13). The third-order valence-corrected chi connectivity index (χ3v) is 3.65. The molecule has 0 unspecified atom stereocenters. The van der Waals surface area contributed by atoms with E-state index in [0.29, 0.717) is 4.88 Å². The molecule has 1 aliphatic rings. The minimum Gasteiger partial charge on any atom is -0.477 e. The monoisotopic (exact) mass is 211 g/mol. The van der Waals surface area contributed by atoms with E-state index in [1.54, 1.807) is 0 Å². The third kappa shape index (κ3) is 1.67. The van der Waals surface area contributed by atoms with E-state index in [4.69, 9.17) is 5.11 Å². The molecule has 0 fully saturated rings. The molecular formula is C10H13NO2S. The molecule has 0 spiro atoms. The summed E-state index contributed by atoms with van der Waals surface area (Å²) in [5.41, 5.74) is 2.26. The zero-order chi connectivity index (χ0) is 10.1. The highest BCUT2D eigenvalue weighted by Crippen LogP contribution is 2.27. The quantitative estimate of drug-likeness (QED) is 0.770. The summed E-state index contributed by atoms with van der Waals surface area (Å²) in [5, 5.41) is 11.0. The van der Waals surface area contributed by atoms with Gasteiger partial charge in [-0.2, -0.15) is 0 Å². The van der Waals surface area contributed by atoms with Gasteiger partial charge in [0.1, 0.15) is 4.88 Å². The lowest BCUT2D eigenvalue weighted by Crippen LogP contribution is -2.18. The molecule has 0 amide bonds. The molecule has 0 saturated heterocycles. The Morgan fingerprint density at radius 3 is 3.14 bits per heavy atom. The highest BCUT2D eigenvalue weighted by molar-refractivity contribution is 7.12. The highest BCUT2D eigenvalue weighted by Gasteiger charge is 2.20. The second-order valence-corrected chi connectivity index (χ2v) is 4.59. The highest BCUT2D eigenvalue weighted by atomic mass is 32.1. The molecule has 1 aromatic rings. The summed E-state index contributed by atoms with van der Waals surface area (Å²) in [6.07, 6.45) is 2.14. The Bertz CT molecular complexity index is 359. The van der Waals surface area contributed by atoms with Crippen molar-refractivity contribution in [2.45, 2.75) is 19.4 Å². The Hall–Kier alpha value is -0.870. The Kier molecular flexibility index (Phi) is 2.56. The number of nitrogens with zero attached hydrogens (tertiary/aromatic N) is 1. The number of aryl methyl sites for hydroxylation is 1. The van der Waals surface area contributed by atoms with Crippen LogP contribution in [0, 0.1) is 0 Å². The second kappa shape index (κ2) is 3.71. The van der Waals surface area contributed by atoms with Gasteiger partial charge in [-0.05, 0) is 42.9 Å². The molecule has 1 N–H and O–H groups in total. The molecule has 0 saturated carbocycles. The minimum atomic E-state index is -0.786. The summed E-state index contributed by atoms with van der Waals surface area (Å²) in [6, 6.07) is 0. The smallest absolute Gasteiger partial charge is 0.346 e. The number of carboxylic acids is 1. The van der Waals surface area contributed by atoms with Gasteiger partial charge in [0, 0.05) is 6.54 Å². The van der Waals surface area contributed by atoms with E-state index < -0.39 is 5.97 Å². The first-order valence-electron chi connectivity index (χ1n) is 4.69. The van der Waals surface area contributed by atoms with Gasteiger partial charge >= 0.3 is 5.97 Å². The van der Waals surface area contributed by atoms with E-state index in [-0.39, 0.29) is 0 Å². The van der Waals surface area contributed by atoms with Crippen molar-refractivity contribution in [2.24, 2.45) is 0 Å². The number of carboxylic acid groups (broad SMARTS) is 1. The van der Waals surface area contributed by atoms with Gasteiger partial charge in [-0.25, -0.2) is 4.79 Å². The van der Waals surface area contributed by atoms with Crippen LogP contribution in [-0.4, -0.2) is 29.6 Å². The molecule has 76 valence electrons. The number of rotatable bonds is 1. The molecule has 0 atom stereocenters. The van der Waals surface area contributed by atoms with Gasteiger partial charge < -0.3 is 10.0 Å². The molecular weight excluding hydrogens is 198 g/mol. The average Bonchev–Trinajstić information content (AvgIpc) is 2.41.